The number of nitrogens with zero attached hydrogens (tertiary/aromatic N) is 2. The van der Waals surface area contributed by atoms with Crippen LogP contribution in [0.1, 0.15) is 73.9 Å². The van der Waals surface area contributed by atoms with Gasteiger partial charge in [0.1, 0.15) is 34.4 Å². The number of alkyl halides is 2. The molecule has 2 heterocycles. The molecule has 0 N–H and O–H groups in total. The van der Waals surface area contributed by atoms with Gasteiger partial charge in [-0.15, -0.1) is 0 Å². The summed E-state index contributed by atoms with van der Waals surface area (Å²) in [6.45, 7) is 17.5. The van der Waals surface area contributed by atoms with Crippen LogP contribution in [0.3, 0.4) is 0 Å². The lowest BCUT2D eigenvalue weighted by molar-refractivity contribution is -0.169. The van der Waals surface area contributed by atoms with Crippen molar-refractivity contribution in [3.8, 4) is 0 Å². The molecule has 0 radical (unpaired) electrons. The van der Waals surface area contributed by atoms with Crippen molar-refractivity contribution in [3.05, 3.63) is 35.9 Å². The Bertz CT molecular complexity index is 930. The highest BCUT2D eigenvalue weighted by Gasteiger charge is 2.52. The van der Waals surface area contributed by atoms with Crippen LogP contribution in [0.4, 0.5) is 8.78 Å². The molecule has 210 valence electrons. The molecule has 2 aliphatic heterocycles. The lowest BCUT2D eigenvalue weighted by Gasteiger charge is -2.30. The van der Waals surface area contributed by atoms with Gasteiger partial charge in [0.15, 0.2) is 0 Å². The lowest BCUT2D eigenvalue weighted by Crippen LogP contribution is -2.42. The minimum Gasteiger partial charge on any atom is -0.459 e. The van der Waals surface area contributed by atoms with Crippen molar-refractivity contribution >= 4 is 11.9 Å². The third-order valence-electron chi connectivity index (χ3n) is 6.94. The molecule has 0 aliphatic carbocycles. The first-order valence-corrected chi connectivity index (χ1v) is 13.0. The van der Waals surface area contributed by atoms with Gasteiger partial charge >= 0.3 is 11.9 Å². The highest BCUT2D eigenvalue weighted by molar-refractivity contribution is 5.79. The monoisotopic (exact) mass is 524 g/mol. The average molecular weight is 525 g/mol. The van der Waals surface area contributed by atoms with Gasteiger partial charge in [0, 0.05) is 32.2 Å². The van der Waals surface area contributed by atoms with Crippen molar-refractivity contribution < 1.29 is 27.8 Å². The largest absolute Gasteiger partial charge is 0.459 e. The van der Waals surface area contributed by atoms with Gasteiger partial charge in [-0.3, -0.25) is 14.5 Å². The Morgan fingerprint density at radius 3 is 1.70 bits per heavy atom. The summed E-state index contributed by atoms with van der Waals surface area (Å²) in [7, 11) is 1.81. The van der Waals surface area contributed by atoms with Crippen molar-refractivity contribution in [3.63, 3.8) is 0 Å². The van der Waals surface area contributed by atoms with Crippen LogP contribution in [0, 0.1) is 10.8 Å². The van der Waals surface area contributed by atoms with E-state index < -0.39 is 46.3 Å². The van der Waals surface area contributed by atoms with Gasteiger partial charge in [0.2, 0.25) is 0 Å². The van der Waals surface area contributed by atoms with E-state index in [2.05, 4.69) is 0 Å². The molecule has 2 aliphatic rings. The Hall–Kier alpha value is -2.06. The molecule has 6 nitrogen and oxygen atoms in total. The van der Waals surface area contributed by atoms with Crippen LogP contribution >= 0.6 is 0 Å². The number of halogens is 2. The predicted molar refractivity (Wildman–Crippen MR) is 142 cm³/mol. The smallest absolute Gasteiger partial charge is 0.316 e. The van der Waals surface area contributed by atoms with Crippen molar-refractivity contribution in [2.75, 3.05) is 33.2 Å². The van der Waals surface area contributed by atoms with Gasteiger partial charge in [-0.2, -0.15) is 0 Å². The molecule has 2 unspecified atom stereocenters. The summed E-state index contributed by atoms with van der Waals surface area (Å²) in [4.78, 5) is 28.1. The topological polar surface area (TPSA) is 59.1 Å². The van der Waals surface area contributed by atoms with Crippen LogP contribution in [0.25, 0.3) is 0 Å². The summed E-state index contributed by atoms with van der Waals surface area (Å²) in [5, 5.41) is 0. The Morgan fingerprint density at radius 1 is 0.865 bits per heavy atom. The van der Waals surface area contributed by atoms with E-state index in [1.807, 2.05) is 54.1 Å². The van der Waals surface area contributed by atoms with E-state index in [1.165, 1.54) is 0 Å². The SMILES string of the molecule is CN1CC(F)[C@](C)(C(=O)OC(C)(C)C)C1.C[C@H](c1ccccc1)N1CC(F)[C@](C)(C(=O)OC(C)(C)C)C1. The normalized spacial score (nSPS) is 29.8. The molecule has 3 rings (SSSR count). The number of hydrogen-bond donors (Lipinski definition) is 0. The van der Waals surface area contributed by atoms with Gasteiger partial charge in [0.05, 0.1) is 0 Å². The van der Waals surface area contributed by atoms with Crippen LogP contribution in [0.5, 0.6) is 0 Å². The predicted octanol–water partition coefficient (Wildman–Crippen LogP) is 5.37. The molecular weight excluding hydrogens is 478 g/mol. The molecule has 37 heavy (non-hydrogen) atoms. The number of rotatable bonds is 4. The minimum atomic E-state index is -1.21. The number of ether oxygens (including phenoxy) is 2. The van der Waals surface area contributed by atoms with Gasteiger partial charge in [-0.05, 0) is 74.9 Å². The third-order valence-corrected chi connectivity index (χ3v) is 6.94. The second-order valence-electron chi connectivity index (χ2n) is 13.0. The molecule has 0 spiro atoms. The zero-order chi connectivity index (χ0) is 28.4. The van der Waals surface area contributed by atoms with Crippen molar-refractivity contribution in [1.29, 1.82) is 0 Å². The van der Waals surface area contributed by atoms with Gasteiger partial charge < -0.3 is 14.4 Å². The maximum absolute atomic E-state index is 14.6. The second-order valence-corrected chi connectivity index (χ2v) is 13.0. The summed E-state index contributed by atoms with van der Waals surface area (Å²) < 4.78 is 38.9. The Balaban J connectivity index is 0.000000281. The Morgan fingerprint density at radius 2 is 1.30 bits per heavy atom. The fourth-order valence-corrected chi connectivity index (χ4v) is 4.60. The van der Waals surface area contributed by atoms with E-state index in [-0.39, 0.29) is 12.6 Å². The minimum absolute atomic E-state index is 0.0729. The average Bonchev–Trinajstić information content (AvgIpc) is 3.21. The summed E-state index contributed by atoms with van der Waals surface area (Å²) >= 11 is 0. The number of carbonyl (C=O) groups excluding carboxylic acids is 2. The van der Waals surface area contributed by atoms with Crippen molar-refractivity contribution in [2.24, 2.45) is 10.8 Å². The van der Waals surface area contributed by atoms with E-state index in [0.717, 1.165) is 5.56 Å². The first-order valence-electron chi connectivity index (χ1n) is 13.0. The molecule has 0 aromatic heterocycles. The first kappa shape index (κ1) is 31.2. The van der Waals surface area contributed by atoms with E-state index in [0.29, 0.717) is 19.6 Å². The fourth-order valence-electron chi connectivity index (χ4n) is 4.60. The summed E-state index contributed by atoms with van der Waals surface area (Å²) in [5.74, 6) is -0.887. The molecule has 2 fully saturated rings. The Labute approximate surface area is 221 Å². The Kier molecular flexibility index (Phi) is 9.57. The quantitative estimate of drug-likeness (QED) is 0.494. The zero-order valence-corrected chi connectivity index (χ0v) is 24.2. The highest BCUT2D eigenvalue weighted by Crippen LogP contribution is 2.39. The lowest BCUT2D eigenvalue weighted by atomic mass is 9.88. The molecule has 5 atom stereocenters. The molecule has 1 aromatic carbocycles. The van der Waals surface area contributed by atoms with Crippen LogP contribution in [-0.4, -0.2) is 78.5 Å². The van der Waals surface area contributed by atoms with E-state index in [1.54, 1.807) is 55.4 Å². The van der Waals surface area contributed by atoms with E-state index >= 15 is 0 Å². The van der Waals surface area contributed by atoms with Gasteiger partial charge in [-0.1, -0.05) is 30.3 Å². The van der Waals surface area contributed by atoms with Crippen LogP contribution in [0.15, 0.2) is 30.3 Å². The standard InChI is InChI=1S/C18H26FNO2.C11H20FNO2/c1-13(14-9-7-6-8-10-14)20-11-15(19)18(5,12-20)16(21)22-17(2,3)4;1-10(2,3)15-9(14)11(4)7-13(5)6-8(11)12/h6-10,13,15H,11-12H2,1-5H3;8H,6-7H2,1-5H3/t13-,15?,18-;8?,11-/m11/s1. The summed E-state index contributed by atoms with van der Waals surface area (Å²) in [6, 6.07) is 10.0. The van der Waals surface area contributed by atoms with E-state index in [9.17, 15) is 18.4 Å². The molecule has 0 saturated carbocycles. The van der Waals surface area contributed by atoms with E-state index in [4.69, 9.17) is 9.47 Å². The second kappa shape index (κ2) is 11.4. The first-order chi connectivity index (χ1) is 16.8. The zero-order valence-electron chi connectivity index (χ0n) is 24.2. The van der Waals surface area contributed by atoms with Crippen LogP contribution in [-0.2, 0) is 19.1 Å². The van der Waals surface area contributed by atoms with Crippen molar-refractivity contribution in [2.45, 2.75) is 91.9 Å². The maximum Gasteiger partial charge on any atom is 0.316 e. The number of esters is 2. The fraction of sp³-hybridized carbons (Fsp3) is 0.724. The molecular formula is C29H46F2N2O4. The molecule has 0 bridgehead atoms. The van der Waals surface area contributed by atoms with Crippen LogP contribution < -0.4 is 0 Å². The number of benzene rings is 1. The third kappa shape index (κ3) is 7.96. The molecule has 8 heteroatoms. The number of carbonyl (C=O) groups is 2. The number of hydrogen-bond acceptors (Lipinski definition) is 6. The van der Waals surface area contributed by atoms with Crippen molar-refractivity contribution in [1.82, 2.24) is 9.80 Å². The van der Waals surface area contributed by atoms with Crippen LogP contribution in [0.2, 0.25) is 0 Å². The molecule has 2 saturated heterocycles. The number of likely N-dealkylation sites (tertiary alicyclic amines) is 2. The van der Waals surface area contributed by atoms with Gasteiger partial charge in [0.25, 0.3) is 0 Å². The molecule has 0 amide bonds. The summed E-state index contributed by atoms with van der Waals surface area (Å²) in [6.07, 6.45) is -2.36. The molecule has 1 aromatic rings. The van der Waals surface area contributed by atoms with Gasteiger partial charge in [-0.25, -0.2) is 8.78 Å². The highest BCUT2D eigenvalue weighted by atomic mass is 19.1. The summed E-state index contributed by atoms with van der Waals surface area (Å²) in [5.41, 5.74) is -2.14. The maximum atomic E-state index is 14.6.